The molecule has 1 aromatic rings. The summed E-state index contributed by atoms with van der Waals surface area (Å²) < 4.78 is 5.29. The van der Waals surface area contributed by atoms with E-state index in [4.69, 9.17) is 16.3 Å². The smallest absolute Gasteiger partial charge is 0.407 e. The molecule has 0 aliphatic heterocycles. The molecule has 0 bridgehead atoms. The number of nitrogens with one attached hydrogen (secondary N) is 2. The summed E-state index contributed by atoms with van der Waals surface area (Å²) in [4.78, 5) is 20.0. The first kappa shape index (κ1) is 17.8. The molecule has 1 aliphatic carbocycles. The highest BCUT2D eigenvalue weighted by molar-refractivity contribution is 6.28. The number of hydrogen-bond acceptors (Lipinski definition) is 5. The summed E-state index contributed by atoms with van der Waals surface area (Å²) in [5.74, 6) is 0.756. The Morgan fingerprint density at radius 2 is 1.83 bits per heavy atom. The van der Waals surface area contributed by atoms with Crippen LogP contribution < -0.4 is 10.6 Å². The molecule has 2 rings (SSSR count). The van der Waals surface area contributed by atoms with Gasteiger partial charge in [0.15, 0.2) is 0 Å². The molecule has 2 N–H and O–H groups in total. The second-order valence-corrected chi connectivity index (χ2v) is 7.34. The largest absolute Gasteiger partial charge is 0.444 e. The van der Waals surface area contributed by atoms with Crippen molar-refractivity contribution in [3.8, 4) is 0 Å². The molecule has 0 atom stereocenters. The minimum Gasteiger partial charge on any atom is -0.444 e. The lowest BCUT2D eigenvalue weighted by atomic mass is 9.91. The van der Waals surface area contributed by atoms with Gasteiger partial charge in [-0.15, -0.1) is 0 Å². The molecule has 0 spiro atoms. The molecule has 1 heterocycles. The topological polar surface area (TPSA) is 76.1 Å². The minimum atomic E-state index is -0.465. The van der Waals surface area contributed by atoms with Crippen molar-refractivity contribution in [3.63, 3.8) is 0 Å². The number of anilines is 1. The number of carbonyl (C=O) groups is 1. The molecule has 7 heteroatoms. The number of halogens is 1. The predicted molar refractivity (Wildman–Crippen MR) is 90.8 cm³/mol. The zero-order chi connectivity index (χ0) is 17.0. The van der Waals surface area contributed by atoms with Gasteiger partial charge < -0.3 is 15.4 Å². The summed E-state index contributed by atoms with van der Waals surface area (Å²) in [5, 5.41) is 6.59. The van der Waals surface area contributed by atoms with E-state index in [1.807, 2.05) is 33.8 Å². The zero-order valence-corrected chi connectivity index (χ0v) is 14.9. The number of rotatable bonds is 3. The van der Waals surface area contributed by atoms with Crippen LogP contribution in [0.15, 0.2) is 6.07 Å². The maximum Gasteiger partial charge on any atom is 0.407 e. The van der Waals surface area contributed by atoms with Gasteiger partial charge in [-0.25, -0.2) is 14.8 Å². The maximum absolute atomic E-state index is 11.8. The molecule has 1 aliphatic rings. The average Bonchev–Trinajstić information content (AvgIpc) is 2.37. The first-order chi connectivity index (χ1) is 10.7. The Bertz CT molecular complexity index is 531. The number of carbonyl (C=O) groups excluding carboxylic acids is 1. The molecule has 128 valence electrons. The van der Waals surface area contributed by atoms with Crippen LogP contribution in [0.5, 0.6) is 0 Å². The molecule has 1 amide bonds. The van der Waals surface area contributed by atoms with Crippen molar-refractivity contribution in [2.45, 2.75) is 71.1 Å². The Kier molecular flexibility index (Phi) is 5.68. The van der Waals surface area contributed by atoms with Gasteiger partial charge in [-0.05, 0) is 65.0 Å². The van der Waals surface area contributed by atoms with E-state index in [9.17, 15) is 4.79 Å². The summed E-state index contributed by atoms with van der Waals surface area (Å²) in [6, 6.07) is 2.38. The lowest BCUT2D eigenvalue weighted by Crippen LogP contribution is -2.42. The number of amides is 1. The highest BCUT2D eigenvalue weighted by Gasteiger charge is 2.25. The lowest BCUT2D eigenvalue weighted by Gasteiger charge is -2.30. The minimum absolute atomic E-state index is 0.165. The molecule has 6 nitrogen and oxygen atoms in total. The van der Waals surface area contributed by atoms with Gasteiger partial charge in [-0.1, -0.05) is 0 Å². The number of hydrogen-bond donors (Lipinski definition) is 2. The van der Waals surface area contributed by atoms with Gasteiger partial charge in [0.1, 0.15) is 11.4 Å². The second kappa shape index (κ2) is 7.34. The number of nitrogens with zero attached hydrogens (tertiary/aromatic N) is 2. The summed E-state index contributed by atoms with van der Waals surface area (Å²) in [5.41, 5.74) is 0.375. The van der Waals surface area contributed by atoms with E-state index in [1.54, 1.807) is 0 Å². The van der Waals surface area contributed by atoms with Gasteiger partial charge in [0.25, 0.3) is 0 Å². The van der Waals surface area contributed by atoms with Gasteiger partial charge in [-0.2, -0.15) is 0 Å². The van der Waals surface area contributed by atoms with Crippen molar-refractivity contribution in [1.82, 2.24) is 15.3 Å². The van der Waals surface area contributed by atoms with E-state index in [0.29, 0.717) is 6.04 Å². The van der Waals surface area contributed by atoms with Crippen LogP contribution in [-0.4, -0.2) is 33.7 Å². The molecule has 0 unspecified atom stereocenters. The fraction of sp³-hybridized carbons (Fsp3) is 0.688. The van der Waals surface area contributed by atoms with Crippen molar-refractivity contribution >= 4 is 23.5 Å². The highest BCUT2D eigenvalue weighted by atomic mass is 35.5. The SMILES string of the molecule is Cc1cc(NC2CCC(NC(=O)OC(C)(C)C)CC2)nc(Cl)n1. The number of alkyl carbamates (subject to hydrolysis) is 1. The molecular weight excluding hydrogens is 316 g/mol. The molecule has 23 heavy (non-hydrogen) atoms. The van der Waals surface area contributed by atoms with E-state index >= 15 is 0 Å². The maximum atomic E-state index is 11.8. The Morgan fingerprint density at radius 3 is 2.39 bits per heavy atom. The summed E-state index contributed by atoms with van der Waals surface area (Å²) in [6.45, 7) is 7.48. The first-order valence-corrected chi connectivity index (χ1v) is 8.36. The van der Waals surface area contributed by atoms with Crippen LogP contribution in [0.25, 0.3) is 0 Å². The summed E-state index contributed by atoms with van der Waals surface area (Å²) in [7, 11) is 0. The van der Waals surface area contributed by atoms with Crippen molar-refractivity contribution in [1.29, 1.82) is 0 Å². The summed E-state index contributed by atoms with van der Waals surface area (Å²) in [6.07, 6.45) is 3.40. The van der Waals surface area contributed by atoms with Gasteiger partial charge >= 0.3 is 6.09 Å². The van der Waals surface area contributed by atoms with E-state index in [0.717, 1.165) is 37.2 Å². The zero-order valence-electron chi connectivity index (χ0n) is 14.1. The van der Waals surface area contributed by atoms with Crippen LogP contribution >= 0.6 is 11.6 Å². The third kappa shape index (κ3) is 6.22. The fourth-order valence-electron chi connectivity index (χ4n) is 2.67. The van der Waals surface area contributed by atoms with E-state index < -0.39 is 5.60 Å². The van der Waals surface area contributed by atoms with Crippen molar-refractivity contribution in [2.75, 3.05) is 5.32 Å². The molecule has 1 fully saturated rings. The van der Waals surface area contributed by atoms with Gasteiger partial charge in [-0.3, -0.25) is 0 Å². The van der Waals surface area contributed by atoms with E-state index in [1.165, 1.54) is 0 Å². The van der Waals surface area contributed by atoms with Gasteiger partial charge in [0.05, 0.1) is 0 Å². The number of aryl methyl sites for hydroxylation is 1. The lowest BCUT2D eigenvalue weighted by molar-refractivity contribution is 0.0492. The predicted octanol–water partition coefficient (Wildman–Crippen LogP) is 3.69. The average molecular weight is 341 g/mol. The number of ether oxygens (including phenoxy) is 1. The summed E-state index contributed by atoms with van der Waals surface area (Å²) >= 11 is 5.88. The van der Waals surface area contributed by atoms with Crippen molar-refractivity contribution in [3.05, 3.63) is 17.0 Å². The van der Waals surface area contributed by atoms with Crippen LogP contribution in [0.1, 0.15) is 52.1 Å². The normalized spacial score (nSPS) is 21.6. The fourth-order valence-corrected chi connectivity index (χ4v) is 2.90. The van der Waals surface area contributed by atoms with E-state index in [2.05, 4.69) is 20.6 Å². The third-order valence-corrected chi connectivity index (χ3v) is 3.80. The van der Waals surface area contributed by atoms with Crippen LogP contribution in [0.2, 0.25) is 5.28 Å². The Balaban J connectivity index is 1.78. The molecular formula is C16H25ClN4O2. The van der Waals surface area contributed by atoms with Gasteiger partial charge in [0.2, 0.25) is 5.28 Å². The third-order valence-electron chi connectivity index (χ3n) is 3.63. The van der Waals surface area contributed by atoms with Crippen molar-refractivity contribution in [2.24, 2.45) is 0 Å². The molecule has 0 radical (unpaired) electrons. The molecule has 0 aromatic carbocycles. The Hall–Kier alpha value is -1.56. The standard InChI is InChI=1S/C16H25ClN4O2/c1-10-9-13(21-14(17)18-10)19-11-5-7-12(8-6-11)20-15(22)23-16(2,3)4/h9,11-12H,5-8H2,1-4H3,(H,20,22)(H,18,19,21). The van der Waals surface area contributed by atoms with Crippen LogP contribution in [0, 0.1) is 6.92 Å². The number of aromatic nitrogens is 2. The van der Waals surface area contributed by atoms with Crippen molar-refractivity contribution < 1.29 is 9.53 Å². The van der Waals surface area contributed by atoms with Crippen LogP contribution in [0.4, 0.5) is 10.6 Å². The second-order valence-electron chi connectivity index (χ2n) is 7.00. The van der Waals surface area contributed by atoms with E-state index in [-0.39, 0.29) is 17.4 Å². The quantitative estimate of drug-likeness (QED) is 0.821. The molecule has 0 saturated heterocycles. The first-order valence-electron chi connectivity index (χ1n) is 7.98. The highest BCUT2D eigenvalue weighted by Crippen LogP contribution is 2.22. The monoisotopic (exact) mass is 340 g/mol. The molecule has 1 saturated carbocycles. The van der Waals surface area contributed by atoms with Gasteiger partial charge in [0, 0.05) is 23.8 Å². The van der Waals surface area contributed by atoms with Crippen LogP contribution in [-0.2, 0) is 4.74 Å². The van der Waals surface area contributed by atoms with Crippen LogP contribution in [0.3, 0.4) is 0 Å². The Labute approximate surface area is 142 Å². The molecule has 1 aromatic heterocycles. The Morgan fingerprint density at radius 1 is 1.22 bits per heavy atom.